The van der Waals surface area contributed by atoms with Crippen LogP contribution in [-0.2, 0) is 6.54 Å². The highest BCUT2D eigenvalue weighted by molar-refractivity contribution is 5.80. The molecule has 0 radical (unpaired) electrons. The van der Waals surface area contributed by atoms with Crippen molar-refractivity contribution in [3.63, 3.8) is 0 Å². The van der Waals surface area contributed by atoms with Crippen molar-refractivity contribution in [2.75, 3.05) is 72.5 Å². The molecule has 0 atom stereocenters. The summed E-state index contributed by atoms with van der Waals surface area (Å²) in [4.78, 5) is 11.3. The lowest BCUT2D eigenvalue weighted by Gasteiger charge is -2.37. The summed E-state index contributed by atoms with van der Waals surface area (Å²) in [6, 6.07) is 16.4. The molecule has 0 aliphatic carbocycles. The van der Waals surface area contributed by atoms with E-state index in [1.807, 2.05) is 37.4 Å². The first-order valence-corrected chi connectivity index (χ1v) is 10.8. The molecule has 1 aliphatic heterocycles. The minimum Gasteiger partial charge on any atom is -0.497 e. The lowest BCUT2D eigenvalue weighted by molar-refractivity contribution is 0.259. The number of hydrogen-bond donors (Lipinski definition) is 1. The molecule has 7 nitrogen and oxygen atoms in total. The van der Waals surface area contributed by atoms with Crippen LogP contribution in [0.5, 0.6) is 11.5 Å². The molecule has 1 saturated heterocycles. The first-order chi connectivity index (χ1) is 15.1. The standard InChI is InChI=1S/C24H35N5O2/c1-25-24(26-19-20-8-5-6-11-23(20)31-17-16-27(2)3)29-14-12-28(13-15-29)21-9-7-10-22(18-21)30-4/h5-11,18H,12-17,19H2,1-4H3,(H,25,26). The zero-order valence-electron chi connectivity index (χ0n) is 19.2. The minimum absolute atomic E-state index is 0.672. The lowest BCUT2D eigenvalue weighted by Crippen LogP contribution is -2.52. The van der Waals surface area contributed by atoms with Gasteiger partial charge in [-0.25, -0.2) is 0 Å². The molecular formula is C24H35N5O2. The van der Waals surface area contributed by atoms with Crippen molar-refractivity contribution < 1.29 is 9.47 Å². The molecule has 0 bridgehead atoms. The number of rotatable bonds is 8. The summed E-state index contributed by atoms with van der Waals surface area (Å²) < 4.78 is 11.4. The van der Waals surface area contributed by atoms with Crippen molar-refractivity contribution in [3.05, 3.63) is 54.1 Å². The van der Waals surface area contributed by atoms with E-state index in [0.717, 1.165) is 55.7 Å². The molecule has 1 aliphatic rings. The highest BCUT2D eigenvalue weighted by atomic mass is 16.5. The average Bonchev–Trinajstić information content (AvgIpc) is 2.80. The first-order valence-electron chi connectivity index (χ1n) is 10.8. The van der Waals surface area contributed by atoms with Crippen molar-refractivity contribution in [1.29, 1.82) is 0 Å². The van der Waals surface area contributed by atoms with Crippen LogP contribution < -0.4 is 19.7 Å². The van der Waals surface area contributed by atoms with Gasteiger partial charge < -0.3 is 29.5 Å². The second-order valence-corrected chi connectivity index (χ2v) is 7.84. The Morgan fingerprint density at radius 3 is 2.55 bits per heavy atom. The van der Waals surface area contributed by atoms with Gasteiger partial charge >= 0.3 is 0 Å². The van der Waals surface area contributed by atoms with Crippen LogP contribution in [0, 0.1) is 0 Å². The number of anilines is 1. The number of nitrogens with zero attached hydrogens (tertiary/aromatic N) is 4. The highest BCUT2D eigenvalue weighted by Crippen LogP contribution is 2.22. The van der Waals surface area contributed by atoms with Crippen LogP contribution in [0.1, 0.15) is 5.56 Å². The SMILES string of the molecule is CN=C(NCc1ccccc1OCCN(C)C)N1CCN(c2cccc(OC)c2)CC1. The molecule has 1 N–H and O–H groups in total. The van der Waals surface area contributed by atoms with E-state index in [-0.39, 0.29) is 0 Å². The first kappa shape index (κ1) is 22.7. The van der Waals surface area contributed by atoms with E-state index >= 15 is 0 Å². The smallest absolute Gasteiger partial charge is 0.194 e. The van der Waals surface area contributed by atoms with Crippen molar-refractivity contribution in [2.24, 2.45) is 4.99 Å². The van der Waals surface area contributed by atoms with E-state index in [1.165, 1.54) is 5.69 Å². The van der Waals surface area contributed by atoms with E-state index in [4.69, 9.17) is 9.47 Å². The summed E-state index contributed by atoms with van der Waals surface area (Å²) in [6.07, 6.45) is 0. The number of nitrogens with one attached hydrogen (secondary N) is 1. The Kier molecular flexibility index (Phi) is 8.41. The van der Waals surface area contributed by atoms with Crippen LogP contribution in [0.3, 0.4) is 0 Å². The predicted molar refractivity (Wildman–Crippen MR) is 127 cm³/mol. The van der Waals surface area contributed by atoms with Crippen molar-refractivity contribution in [1.82, 2.24) is 15.1 Å². The third kappa shape index (κ3) is 6.52. The fraction of sp³-hybridized carbons (Fsp3) is 0.458. The number of methoxy groups -OCH3 is 1. The van der Waals surface area contributed by atoms with E-state index in [1.54, 1.807) is 7.11 Å². The Labute approximate surface area is 186 Å². The van der Waals surface area contributed by atoms with Gasteiger partial charge in [-0.05, 0) is 32.3 Å². The van der Waals surface area contributed by atoms with Crippen LogP contribution in [-0.4, -0.2) is 83.3 Å². The number of hydrogen-bond acceptors (Lipinski definition) is 5. The number of aliphatic imine (C=N–C) groups is 1. The summed E-state index contributed by atoms with van der Waals surface area (Å²) in [7, 11) is 7.65. The predicted octanol–water partition coefficient (Wildman–Crippen LogP) is 2.53. The van der Waals surface area contributed by atoms with Gasteiger partial charge in [-0.1, -0.05) is 24.3 Å². The number of guanidine groups is 1. The number of likely N-dealkylation sites (N-methyl/N-ethyl adjacent to an activating group) is 1. The molecule has 0 aromatic heterocycles. The maximum Gasteiger partial charge on any atom is 0.194 e. The molecular weight excluding hydrogens is 390 g/mol. The maximum absolute atomic E-state index is 5.99. The zero-order valence-corrected chi connectivity index (χ0v) is 19.2. The Morgan fingerprint density at radius 2 is 1.84 bits per heavy atom. The molecule has 2 aromatic rings. The van der Waals surface area contributed by atoms with Gasteiger partial charge in [0.05, 0.1) is 7.11 Å². The molecule has 2 aromatic carbocycles. The third-order valence-electron chi connectivity index (χ3n) is 5.42. The van der Waals surface area contributed by atoms with E-state index in [9.17, 15) is 0 Å². The van der Waals surface area contributed by atoms with Gasteiger partial charge in [-0.15, -0.1) is 0 Å². The third-order valence-corrected chi connectivity index (χ3v) is 5.42. The fourth-order valence-electron chi connectivity index (χ4n) is 3.62. The van der Waals surface area contributed by atoms with Gasteiger partial charge in [-0.3, -0.25) is 4.99 Å². The average molecular weight is 426 g/mol. The van der Waals surface area contributed by atoms with Gasteiger partial charge in [0.25, 0.3) is 0 Å². The fourth-order valence-corrected chi connectivity index (χ4v) is 3.62. The molecule has 0 unspecified atom stereocenters. The van der Waals surface area contributed by atoms with Crippen LogP contribution in [0.15, 0.2) is 53.5 Å². The second-order valence-electron chi connectivity index (χ2n) is 7.84. The summed E-state index contributed by atoms with van der Waals surface area (Å²) in [5.41, 5.74) is 2.34. The molecule has 168 valence electrons. The monoisotopic (exact) mass is 425 g/mol. The summed E-state index contributed by atoms with van der Waals surface area (Å²) in [5, 5.41) is 3.51. The topological polar surface area (TPSA) is 52.6 Å². The van der Waals surface area contributed by atoms with Crippen molar-refractivity contribution in [3.8, 4) is 11.5 Å². The van der Waals surface area contributed by atoms with E-state index in [0.29, 0.717) is 13.2 Å². The lowest BCUT2D eigenvalue weighted by atomic mass is 10.2. The normalized spacial score (nSPS) is 14.7. The van der Waals surface area contributed by atoms with Crippen molar-refractivity contribution >= 4 is 11.6 Å². The van der Waals surface area contributed by atoms with Gasteiger partial charge in [0.15, 0.2) is 5.96 Å². The molecule has 1 heterocycles. The Hall–Kier alpha value is -2.93. The molecule has 0 amide bonds. The van der Waals surface area contributed by atoms with Gasteiger partial charge in [0.2, 0.25) is 0 Å². The molecule has 1 fully saturated rings. The molecule has 0 saturated carbocycles. The van der Waals surface area contributed by atoms with Gasteiger partial charge in [-0.2, -0.15) is 0 Å². The molecule has 31 heavy (non-hydrogen) atoms. The number of para-hydroxylation sites is 1. The largest absolute Gasteiger partial charge is 0.497 e. The molecule has 3 rings (SSSR count). The van der Waals surface area contributed by atoms with Gasteiger partial charge in [0.1, 0.15) is 18.1 Å². The summed E-state index contributed by atoms with van der Waals surface area (Å²) >= 11 is 0. The number of piperazine rings is 1. The van der Waals surface area contributed by atoms with Crippen LogP contribution in [0.4, 0.5) is 5.69 Å². The zero-order chi connectivity index (χ0) is 22.1. The second kappa shape index (κ2) is 11.5. The quantitative estimate of drug-likeness (QED) is 0.518. The molecule has 0 spiro atoms. The Balaban J connectivity index is 1.53. The Bertz CT molecular complexity index is 847. The van der Waals surface area contributed by atoms with Crippen LogP contribution in [0.25, 0.3) is 0 Å². The summed E-state index contributed by atoms with van der Waals surface area (Å²) in [6.45, 7) is 5.96. The van der Waals surface area contributed by atoms with Gasteiger partial charge in [0, 0.05) is 63.6 Å². The number of benzene rings is 2. The maximum atomic E-state index is 5.99. The Morgan fingerprint density at radius 1 is 1.06 bits per heavy atom. The van der Waals surface area contributed by atoms with E-state index in [2.05, 4.69) is 57.3 Å². The highest BCUT2D eigenvalue weighted by Gasteiger charge is 2.20. The number of ether oxygens (including phenoxy) is 2. The van der Waals surface area contributed by atoms with Crippen LogP contribution >= 0.6 is 0 Å². The summed E-state index contributed by atoms with van der Waals surface area (Å²) in [5.74, 6) is 2.74. The molecule has 7 heteroatoms. The van der Waals surface area contributed by atoms with Crippen LogP contribution in [0.2, 0.25) is 0 Å². The van der Waals surface area contributed by atoms with Crippen molar-refractivity contribution in [2.45, 2.75) is 6.54 Å². The van der Waals surface area contributed by atoms with E-state index < -0.39 is 0 Å². The minimum atomic E-state index is 0.672.